The van der Waals surface area contributed by atoms with Crippen LogP contribution in [0, 0.1) is 12.8 Å². The third-order valence-corrected chi connectivity index (χ3v) is 4.65. The third kappa shape index (κ3) is 5.48. The van der Waals surface area contributed by atoms with Crippen LogP contribution in [0.25, 0.3) is 5.57 Å². The molecule has 24 heavy (non-hydrogen) atoms. The third-order valence-electron chi connectivity index (χ3n) is 4.65. The zero-order valence-corrected chi connectivity index (χ0v) is 14.7. The van der Waals surface area contributed by atoms with E-state index >= 15 is 0 Å². The Labute approximate surface area is 145 Å². The van der Waals surface area contributed by atoms with Crippen molar-refractivity contribution in [1.29, 1.82) is 0 Å². The first-order valence-corrected chi connectivity index (χ1v) is 8.75. The second-order valence-corrected chi connectivity index (χ2v) is 6.74. The summed E-state index contributed by atoms with van der Waals surface area (Å²) in [6.07, 6.45) is 11.3. The molecule has 0 atom stereocenters. The first kappa shape index (κ1) is 18.2. The van der Waals surface area contributed by atoms with E-state index in [4.69, 9.17) is 0 Å². The van der Waals surface area contributed by atoms with Crippen molar-refractivity contribution >= 4 is 18.1 Å². The lowest BCUT2D eigenvalue weighted by molar-refractivity contribution is -0.109. The number of rotatable bonds is 7. The molecule has 1 aromatic rings. The normalized spacial score (nSPS) is 15.7. The summed E-state index contributed by atoms with van der Waals surface area (Å²) in [5.74, 6) is 0.622. The standard InChI is InChI=1S/C21H27NO2/c1-17-8-10-21(11-9-17)18(2)12-22(14-20(15-23)16-24)13-19-6-4-3-5-7-19/h8-12,14-16,19H,3-7,13H2,1-2H3/b18-12+. The van der Waals surface area contributed by atoms with E-state index in [1.165, 1.54) is 37.7 Å². The van der Waals surface area contributed by atoms with E-state index in [9.17, 15) is 9.59 Å². The predicted molar refractivity (Wildman–Crippen MR) is 98.3 cm³/mol. The van der Waals surface area contributed by atoms with Gasteiger partial charge in [0.15, 0.2) is 12.6 Å². The molecule has 1 saturated carbocycles. The smallest absolute Gasteiger partial charge is 0.154 e. The Hall–Kier alpha value is -2.16. The van der Waals surface area contributed by atoms with Crippen molar-refractivity contribution in [1.82, 2.24) is 4.90 Å². The van der Waals surface area contributed by atoms with Gasteiger partial charge in [0.25, 0.3) is 0 Å². The number of hydrogen-bond donors (Lipinski definition) is 0. The van der Waals surface area contributed by atoms with Crippen LogP contribution in [0.15, 0.2) is 42.2 Å². The molecule has 1 aromatic carbocycles. The number of benzene rings is 1. The minimum atomic E-state index is 0.179. The van der Waals surface area contributed by atoms with Crippen LogP contribution in [-0.4, -0.2) is 24.0 Å². The average molecular weight is 325 g/mol. The van der Waals surface area contributed by atoms with Gasteiger partial charge in [0.1, 0.15) is 0 Å². The molecule has 3 heteroatoms. The van der Waals surface area contributed by atoms with Crippen LogP contribution in [0.3, 0.4) is 0 Å². The Bertz CT molecular complexity index is 597. The van der Waals surface area contributed by atoms with E-state index in [0.29, 0.717) is 18.5 Å². The molecular weight excluding hydrogens is 298 g/mol. The van der Waals surface area contributed by atoms with Gasteiger partial charge in [-0.25, -0.2) is 0 Å². The SMILES string of the molecule is C/C(=C\N(C=C(C=O)C=O)CC1CCCCC1)c1ccc(C)cc1. The van der Waals surface area contributed by atoms with E-state index in [-0.39, 0.29) is 5.57 Å². The van der Waals surface area contributed by atoms with Gasteiger partial charge in [0.2, 0.25) is 0 Å². The predicted octanol–water partition coefficient (Wildman–Crippen LogP) is 4.52. The first-order chi connectivity index (χ1) is 11.6. The summed E-state index contributed by atoms with van der Waals surface area (Å²) in [5.41, 5.74) is 3.69. The van der Waals surface area contributed by atoms with Crippen LogP contribution >= 0.6 is 0 Å². The monoisotopic (exact) mass is 325 g/mol. The maximum absolute atomic E-state index is 11.0. The van der Waals surface area contributed by atoms with Gasteiger partial charge >= 0.3 is 0 Å². The fraction of sp³-hybridized carbons (Fsp3) is 0.429. The number of aldehydes is 2. The fourth-order valence-corrected chi connectivity index (χ4v) is 3.23. The molecule has 0 aliphatic heterocycles. The van der Waals surface area contributed by atoms with Gasteiger partial charge in [0.05, 0.1) is 5.57 Å². The Morgan fingerprint density at radius 3 is 2.25 bits per heavy atom. The lowest BCUT2D eigenvalue weighted by Gasteiger charge is -2.27. The van der Waals surface area contributed by atoms with Crippen molar-refractivity contribution in [3.8, 4) is 0 Å². The van der Waals surface area contributed by atoms with Gasteiger partial charge in [-0.05, 0) is 43.7 Å². The Morgan fingerprint density at radius 1 is 1.04 bits per heavy atom. The molecule has 3 nitrogen and oxygen atoms in total. The zero-order valence-electron chi connectivity index (χ0n) is 14.7. The molecule has 0 heterocycles. The van der Waals surface area contributed by atoms with Crippen molar-refractivity contribution < 1.29 is 9.59 Å². The highest BCUT2D eigenvalue weighted by Gasteiger charge is 2.15. The number of hydrogen-bond acceptors (Lipinski definition) is 3. The Morgan fingerprint density at radius 2 is 1.67 bits per heavy atom. The number of carbonyl (C=O) groups is 2. The lowest BCUT2D eigenvalue weighted by atomic mass is 9.89. The topological polar surface area (TPSA) is 37.4 Å². The molecule has 0 unspecified atom stereocenters. The highest BCUT2D eigenvalue weighted by Crippen LogP contribution is 2.25. The summed E-state index contributed by atoms with van der Waals surface area (Å²) in [6.45, 7) is 4.99. The molecule has 2 rings (SSSR count). The van der Waals surface area contributed by atoms with Crippen molar-refractivity contribution in [2.75, 3.05) is 6.54 Å². The number of allylic oxidation sites excluding steroid dienone is 2. The minimum absolute atomic E-state index is 0.179. The van der Waals surface area contributed by atoms with Crippen LogP contribution in [-0.2, 0) is 9.59 Å². The van der Waals surface area contributed by atoms with E-state index in [1.807, 2.05) is 11.1 Å². The second-order valence-electron chi connectivity index (χ2n) is 6.74. The van der Waals surface area contributed by atoms with E-state index < -0.39 is 0 Å². The highest BCUT2D eigenvalue weighted by molar-refractivity contribution is 5.99. The molecule has 1 aliphatic rings. The molecule has 0 amide bonds. The van der Waals surface area contributed by atoms with Crippen LogP contribution in [0.5, 0.6) is 0 Å². The van der Waals surface area contributed by atoms with Crippen LogP contribution in [0.4, 0.5) is 0 Å². The summed E-state index contributed by atoms with van der Waals surface area (Å²) in [4.78, 5) is 24.0. The fourth-order valence-electron chi connectivity index (χ4n) is 3.23. The van der Waals surface area contributed by atoms with E-state index in [1.54, 1.807) is 6.20 Å². The number of nitrogens with zero attached hydrogens (tertiary/aromatic N) is 1. The highest BCUT2D eigenvalue weighted by atomic mass is 16.1. The molecule has 0 aromatic heterocycles. The summed E-state index contributed by atoms with van der Waals surface area (Å²) in [5, 5.41) is 0. The zero-order chi connectivity index (χ0) is 17.4. The molecule has 1 fully saturated rings. The molecule has 0 spiro atoms. The number of aryl methyl sites for hydroxylation is 1. The van der Waals surface area contributed by atoms with Crippen molar-refractivity contribution in [2.45, 2.75) is 46.0 Å². The largest absolute Gasteiger partial charge is 0.353 e. The maximum Gasteiger partial charge on any atom is 0.154 e. The maximum atomic E-state index is 11.0. The minimum Gasteiger partial charge on any atom is -0.353 e. The molecule has 128 valence electrons. The lowest BCUT2D eigenvalue weighted by Crippen LogP contribution is -2.23. The van der Waals surface area contributed by atoms with Crippen molar-refractivity contribution in [3.05, 3.63) is 53.4 Å². The van der Waals surface area contributed by atoms with Gasteiger partial charge in [-0.2, -0.15) is 0 Å². The van der Waals surface area contributed by atoms with Gasteiger partial charge in [0, 0.05) is 18.9 Å². The van der Waals surface area contributed by atoms with E-state index in [2.05, 4.69) is 38.1 Å². The van der Waals surface area contributed by atoms with Gasteiger partial charge in [-0.15, -0.1) is 0 Å². The summed E-state index contributed by atoms with van der Waals surface area (Å²) in [6, 6.07) is 8.39. The molecular formula is C21H27NO2. The van der Waals surface area contributed by atoms with Crippen molar-refractivity contribution in [2.24, 2.45) is 5.92 Å². The van der Waals surface area contributed by atoms with Crippen molar-refractivity contribution in [3.63, 3.8) is 0 Å². The van der Waals surface area contributed by atoms with Gasteiger partial charge < -0.3 is 4.90 Å². The van der Waals surface area contributed by atoms with Gasteiger partial charge in [-0.3, -0.25) is 9.59 Å². The summed E-state index contributed by atoms with van der Waals surface area (Å²) < 4.78 is 0. The van der Waals surface area contributed by atoms with Crippen LogP contribution in [0.1, 0.15) is 50.2 Å². The Kier molecular flexibility index (Phi) is 6.98. The summed E-state index contributed by atoms with van der Waals surface area (Å²) >= 11 is 0. The average Bonchev–Trinajstić information content (AvgIpc) is 2.60. The van der Waals surface area contributed by atoms with Crippen LogP contribution < -0.4 is 0 Å². The van der Waals surface area contributed by atoms with E-state index in [0.717, 1.165) is 17.7 Å². The quantitative estimate of drug-likeness (QED) is 0.320. The molecule has 1 aliphatic carbocycles. The molecule has 0 N–H and O–H groups in total. The molecule has 0 bridgehead atoms. The number of carbonyl (C=O) groups excluding carboxylic acids is 2. The summed E-state index contributed by atoms with van der Waals surface area (Å²) in [7, 11) is 0. The van der Waals surface area contributed by atoms with Crippen LogP contribution in [0.2, 0.25) is 0 Å². The Balaban J connectivity index is 2.21. The first-order valence-electron chi connectivity index (χ1n) is 8.75. The van der Waals surface area contributed by atoms with Gasteiger partial charge in [-0.1, -0.05) is 49.1 Å². The second kappa shape index (κ2) is 9.21. The molecule has 0 saturated heterocycles. The molecule has 0 radical (unpaired) electrons.